The SMILES string of the molecule is C[C@H](NC(=O)NCC1(N(C)C)CCOCC1)c1cccc(Cl)c1. The summed E-state index contributed by atoms with van der Waals surface area (Å²) >= 11 is 6.00. The minimum Gasteiger partial charge on any atom is -0.381 e. The molecule has 1 atom stereocenters. The fourth-order valence-electron chi connectivity index (χ4n) is 2.89. The van der Waals surface area contributed by atoms with E-state index >= 15 is 0 Å². The number of hydrogen-bond acceptors (Lipinski definition) is 3. The Bertz CT molecular complexity index is 530. The topological polar surface area (TPSA) is 53.6 Å². The van der Waals surface area contributed by atoms with Crippen LogP contribution in [0.15, 0.2) is 24.3 Å². The molecule has 6 heteroatoms. The third-order valence-electron chi connectivity index (χ3n) is 4.65. The molecule has 1 aliphatic rings. The van der Waals surface area contributed by atoms with Gasteiger partial charge >= 0.3 is 6.03 Å². The molecule has 128 valence electrons. The molecule has 0 saturated carbocycles. The summed E-state index contributed by atoms with van der Waals surface area (Å²) in [4.78, 5) is 14.4. The lowest BCUT2D eigenvalue weighted by Gasteiger charge is -2.42. The average Bonchev–Trinajstić information content (AvgIpc) is 2.53. The summed E-state index contributed by atoms with van der Waals surface area (Å²) in [7, 11) is 4.11. The lowest BCUT2D eigenvalue weighted by Crippen LogP contribution is -2.56. The van der Waals surface area contributed by atoms with Gasteiger partial charge in [-0.2, -0.15) is 0 Å². The lowest BCUT2D eigenvalue weighted by molar-refractivity contribution is -0.00574. The number of nitrogens with one attached hydrogen (secondary N) is 2. The molecule has 1 fully saturated rings. The van der Waals surface area contributed by atoms with E-state index < -0.39 is 0 Å². The molecule has 0 bridgehead atoms. The lowest BCUT2D eigenvalue weighted by atomic mass is 9.88. The van der Waals surface area contributed by atoms with Crippen molar-refractivity contribution in [2.45, 2.75) is 31.3 Å². The van der Waals surface area contributed by atoms with E-state index in [4.69, 9.17) is 16.3 Å². The number of carbonyl (C=O) groups excluding carboxylic acids is 1. The molecular formula is C17H26ClN3O2. The standard InChI is InChI=1S/C17H26ClN3O2/c1-13(14-5-4-6-15(18)11-14)20-16(22)19-12-17(21(2)3)7-9-23-10-8-17/h4-6,11,13H,7-10,12H2,1-3H3,(H2,19,20,22)/t13-/m0/s1. The highest BCUT2D eigenvalue weighted by molar-refractivity contribution is 6.30. The maximum atomic E-state index is 12.2. The molecule has 1 aromatic rings. The Labute approximate surface area is 143 Å². The summed E-state index contributed by atoms with van der Waals surface area (Å²) in [6.07, 6.45) is 1.84. The first-order valence-corrected chi connectivity index (χ1v) is 8.36. The minimum absolute atomic E-state index is 0.0329. The Hall–Kier alpha value is -1.30. The Balaban J connectivity index is 1.89. The molecule has 23 heavy (non-hydrogen) atoms. The number of nitrogens with zero attached hydrogens (tertiary/aromatic N) is 1. The van der Waals surface area contributed by atoms with Crippen molar-refractivity contribution in [2.24, 2.45) is 0 Å². The molecule has 1 aliphatic heterocycles. The molecule has 2 N–H and O–H groups in total. The van der Waals surface area contributed by atoms with Crippen LogP contribution in [0.3, 0.4) is 0 Å². The molecule has 1 heterocycles. The second kappa shape index (κ2) is 7.99. The van der Waals surface area contributed by atoms with E-state index in [0.29, 0.717) is 11.6 Å². The zero-order valence-electron chi connectivity index (χ0n) is 14.1. The van der Waals surface area contributed by atoms with Crippen LogP contribution in [-0.2, 0) is 4.74 Å². The highest BCUT2D eigenvalue weighted by Gasteiger charge is 2.35. The fourth-order valence-corrected chi connectivity index (χ4v) is 3.08. The summed E-state index contributed by atoms with van der Waals surface area (Å²) in [5.41, 5.74) is 0.954. The monoisotopic (exact) mass is 339 g/mol. The van der Waals surface area contributed by atoms with E-state index in [-0.39, 0.29) is 17.6 Å². The predicted octanol–water partition coefficient (Wildman–Crippen LogP) is 2.81. The van der Waals surface area contributed by atoms with Crippen LogP contribution < -0.4 is 10.6 Å². The number of halogens is 1. The number of likely N-dealkylation sites (N-methyl/N-ethyl adjacent to an activating group) is 1. The Morgan fingerprint density at radius 1 is 1.39 bits per heavy atom. The number of benzene rings is 1. The van der Waals surface area contributed by atoms with E-state index in [1.807, 2.05) is 31.2 Å². The van der Waals surface area contributed by atoms with Crippen molar-refractivity contribution in [3.8, 4) is 0 Å². The fraction of sp³-hybridized carbons (Fsp3) is 0.588. The molecule has 5 nitrogen and oxygen atoms in total. The first-order valence-electron chi connectivity index (χ1n) is 7.98. The van der Waals surface area contributed by atoms with Gasteiger partial charge in [-0.1, -0.05) is 23.7 Å². The van der Waals surface area contributed by atoms with Gasteiger partial charge in [-0.25, -0.2) is 4.79 Å². The zero-order valence-corrected chi connectivity index (χ0v) is 14.8. The van der Waals surface area contributed by atoms with Gasteiger partial charge in [0.05, 0.1) is 6.04 Å². The first-order chi connectivity index (χ1) is 10.9. The number of hydrogen-bond donors (Lipinski definition) is 2. The van der Waals surface area contributed by atoms with Gasteiger partial charge in [-0.15, -0.1) is 0 Å². The van der Waals surface area contributed by atoms with Crippen LogP contribution in [0.2, 0.25) is 5.02 Å². The van der Waals surface area contributed by atoms with Crippen molar-refractivity contribution in [1.82, 2.24) is 15.5 Å². The largest absolute Gasteiger partial charge is 0.381 e. The van der Waals surface area contributed by atoms with Crippen LogP contribution in [0.4, 0.5) is 4.79 Å². The number of ether oxygens (including phenoxy) is 1. The molecular weight excluding hydrogens is 314 g/mol. The summed E-state index contributed by atoms with van der Waals surface area (Å²) in [5, 5.41) is 6.64. The van der Waals surface area contributed by atoms with Crippen LogP contribution in [0.1, 0.15) is 31.4 Å². The third-order valence-corrected chi connectivity index (χ3v) is 4.88. The Morgan fingerprint density at radius 3 is 2.70 bits per heavy atom. The van der Waals surface area contributed by atoms with Crippen molar-refractivity contribution in [1.29, 1.82) is 0 Å². The van der Waals surface area contributed by atoms with Gasteiger partial charge in [0.25, 0.3) is 0 Å². The van der Waals surface area contributed by atoms with E-state index in [2.05, 4.69) is 29.6 Å². The molecule has 0 aliphatic carbocycles. The van der Waals surface area contributed by atoms with E-state index in [1.165, 1.54) is 0 Å². The van der Waals surface area contributed by atoms with Crippen molar-refractivity contribution < 1.29 is 9.53 Å². The number of carbonyl (C=O) groups is 1. The van der Waals surface area contributed by atoms with Crippen molar-refractivity contribution in [3.63, 3.8) is 0 Å². The van der Waals surface area contributed by atoms with Crippen LogP contribution >= 0.6 is 11.6 Å². The number of rotatable bonds is 5. The molecule has 1 saturated heterocycles. The Morgan fingerprint density at radius 2 is 2.09 bits per heavy atom. The van der Waals surface area contributed by atoms with Gasteiger partial charge in [0, 0.05) is 30.3 Å². The third kappa shape index (κ3) is 4.83. The van der Waals surface area contributed by atoms with Crippen LogP contribution in [0.5, 0.6) is 0 Å². The van der Waals surface area contributed by atoms with E-state index in [9.17, 15) is 4.79 Å². The smallest absolute Gasteiger partial charge is 0.315 e. The molecule has 0 spiro atoms. The van der Waals surface area contributed by atoms with Gasteiger partial charge in [0.2, 0.25) is 0 Å². The second-order valence-corrected chi connectivity index (χ2v) is 6.77. The molecule has 2 rings (SSSR count). The van der Waals surface area contributed by atoms with Gasteiger partial charge in [0.1, 0.15) is 0 Å². The summed E-state index contributed by atoms with van der Waals surface area (Å²) < 4.78 is 5.45. The predicted molar refractivity (Wildman–Crippen MR) is 92.9 cm³/mol. The molecule has 1 aromatic carbocycles. The number of amides is 2. The summed E-state index contributed by atoms with van der Waals surface area (Å²) in [6, 6.07) is 7.27. The van der Waals surface area contributed by atoms with Crippen LogP contribution in [0, 0.1) is 0 Å². The molecule has 0 unspecified atom stereocenters. The maximum Gasteiger partial charge on any atom is 0.315 e. The van der Waals surface area contributed by atoms with E-state index in [0.717, 1.165) is 31.6 Å². The highest BCUT2D eigenvalue weighted by atomic mass is 35.5. The van der Waals surface area contributed by atoms with Crippen LogP contribution in [-0.4, -0.2) is 50.3 Å². The van der Waals surface area contributed by atoms with Gasteiger partial charge in [-0.3, -0.25) is 0 Å². The van der Waals surface area contributed by atoms with Gasteiger partial charge in [-0.05, 0) is 51.6 Å². The normalized spacial score (nSPS) is 18.5. The molecule has 0 radical (unpaired) electrons. The van der Waals surface area contributed by atoms with Gasteiger partial charge in [0.15, 0.2) is 0 Å². The zero-order chi connectivity index (χ0) is 16.9. The maximum absolute atomic E-state index is 12.2. The quantitative estimate of drug-likeness (QED) is 0.867. The molecule has 0 aromatic heterocycles. The first kappa shape index (κ1) is 18.0. The summed E-state index contributed by atoms with van der Waals surface area (Å²) in [5.74, 6) is 0. The average molecular weight is 340 g/mol. The minimum atomic E-state index is -0.162. The van der Waals surface area contributed by atoms with Crippen LogP contribution in [0.25, 0.3) is 0 Å². The summed E-state index contributed by atoms with van der Waals surface area (Å²) in [6.45, 7) is 4.03. The van der Waals surface area contributed by atoms with Crippen molar-refractivity contribution >= 4 is 17.6 Å². The number of urea groups is 1. The highest BCUT2D eigenvalue weighted by Crippen LogP contribution is 2.25. The Kier molecular flexibility index (Phi) is 6.27. The van der Waals surface area contributed by atoms with Crippen molar-refractivity contribution in [3.05, 3.63) is 34.9 Å². The van der Waals surface area contributed by atoms with Gasteiger partial charge < -0.3 is 20.3 Å². The van der Waals surface area contributed by atoms with Crippen molar-refractivity contribution in [2.75, 3.05) is 33.9 Å². The second-order valence-electron chi connectivity index (χ2n) is 6.33. The van der Waals surface area contributed by atoms with E-state index in [1.54, 1.807) is 0 Å². The molecule has 2 amide bonds.